The van der Waals surface area contributed by atoms with Crippen LogP contribution in [-0.2, 0) is 81.4 Å². The van der Waals surface area contributed by atoms with E-state index in [4.69, 9.17) is 19.9 Å². The first-order chi connectivity index (χ1) is 41.1. The number of hydrogen-bond donors (Lipinski definition) is 10. The third-order valence-electron chi connectivity index (χ3n) is 14.9. The van der Waals surface area contributed by atoms with Gasteiger partial charge in [0.2, 0.25) is 29.5 Å². The van der Waals surface area contributed by atoms with E-state index in [-0.39, 0.29) is 83.1 Å². The number of nitrogens with one attached hydrogen (secondary N) is 5. The molecule has 480 valence electrons. The van der Waals surface area contributed by atoms with Crippen LogP contribution in [0.25, 0.3) is 0 Å². The average Bonchev–Trinajstić information content (AvgIpc) is 3.19. The summed E-state index contributed by atoms with van der Waals surface area (Å²) >= 11 is 1.41. The van der Waals surface area contributed by atoms with Gasteiger partial charge in [-0.25, -0.2) is 0 Å². The molecule has 0 radical (unpaired) electrons. The Balaban J connectivity index is 0.0000198. The fourth-order valence-electron chi connectivity index (χ4n) is 9.42. The SMILES string of the molecule is C.CCC(C)[C@@H]1NC(=O)[C@H](Cc2ccccc2)NC(=O)[C@H](Cc2ccc(O)cc2)NC(=O)[C@@H](CC(=O)[C@@H](NC(=O)[C@H](CO)CC(=O)[C@H](Cc2ccc(O)cc2)NC(=O)COCCOCCCC(=O)[C@@H](N)CC)C(C)O)COC(=O)[C@H](CCSC)CC1=O. The highest BCUT2D eigenvalue weighted by atomic mass is 32.2. The second-order valence-corrected chi connectivity index (χ2v) is 22.7. The number of rotatable bonds is 33. The largest absolute Gasteiger partial charge is 0.508 e. The number of thioether (sulfide) groups is 1. The van der Waals surface area contributed by atoms with Crippen LogP contribution in [0.5, 0.6) is 11.5 Å². The minimum atomic E-state index is -1.80. The molecule has 1 heterocycles. The molecule has 0 aromatic heterocycles. The molecule has 0 spiro atoms. The molecular formula is C63H90N6O17S. The molecule has 3 aromatic carbocycles. The quantitative estimate of drug-likeness (QED) is 0.0309. The van der Waals surface area contributed by atoms with Gasteiger partial charge < -0.3 is 67.0 Å². The number of amides is 5. The summed E-state index contributed by atoms with van der Waals surface area (Å²) in [7, 11) is 0. The van der Waals surface area contributed by atoms with E-state index >= 15 is 0 Å². The van der Waals surface area contributed by atoms with Gasteiger partial charge in [0.05, 0.1) is 61.8 Å². The molecule has 24 heteroatoms. The molecular weight excluding hydrogens is 1140 g/mol. The molecule has 1 fully saturated rings. The number of Topliss-reactive ketones (excluding diaryl/α,β-unsaturated/α-hetero) is 4. The van der Waals surface area contributed by atoms with E-state index in [0.717, 1.165) is 0 Å². The fraction of sp³-hybridized carbons (Fsp3) is 0.556. The van der Waals surface area contributed by atoms with E-state index in [0.29, 0.717) is 41.7 Å². The Morgan fingerprint density at radius 3 is 1.91 bits per heavy atom. The van der Waals surface area contributed by atoms with E-state index < -0.39 is 152 Å². The zero-order valence-corrected chi connectivity index (χ0v) is 50.5. The fourth-order valence-corrected chi connectivity index (χ4v) is 9.94. The monoisotopic (exact) mass is 1230 g/mol. The van der Waals surface area contributed by atoms with Gasteiger partial charge in [-0.05, 0) is 91.5 Å². The first-order valence-electron chi connectivity index (χ1n) is 29.1. The number of phenols is 2. The number of benzene rings is 3. The molecule has 0 saturated carbocycles. The number of ketones is 4. The molecule has 5 amide bonds. The number of aliphatic hydroxyl groups excluding tert-OH is 2. The van der Waals surface area contributed by atoms with Crippen molar-refractivity contribution in [3.63, 3.8) is 0 Å². The minimum absolute atomic E-state index is 0. The molecule has 1 aliphatic heterocycles. The van der Waals surface area contributed by atoms with E-state index in [1.54, 1.807) is 43.5 Å². The Bertz CT molecular complexity index is 2700. The Hall–Kier alpha value is -7.09. The number of carbonyl (C=O) groups excluding carboxylic acids is 10. The van der Waals surface area contributed by atoms with Crippen molar-refractivity contribution < 1.29 is 82.6 Å². The molecule has 4 rings (SSSR count). The van der Waals surface area contributed by atoms with Gasteiger partial charge in [0, 0.05) is 45.1 Å². The molecule has 11 atom stereocenters. The Morgan fingerprint density at radius 1 is 0.736 bits per heavy atom. The van der Waals surface area contributed by atoms with Crippen molar-refractivity contribution in [2.75, 3.05) is 51.6 Å². The normalized spacial score (nSPS) is 19.9. The summed E-state index contributed by atoms with van der Waals surface area (Å²) in [6.45, 7) is 4.74. The van der Waals surface area contributed by atoms with Gasteiger partial charge in [0.25, 0.3) is 0 Å². The van der Waals surface area contributed by atoms with Crippen LogP contribution in [0.2, 0.25) is 0 Å². The summed E-state index contributed by atoms with van der Waals surface area (Å²) in [5, 5.41) is 54.9. The molecule has 0 aliphatic carbocycles. The van der Waals surface area contributed by atoms with Gasteiger partial charge in [-0.15, -0.1) is 0 Å². The highest BCUT2D eigenvalue weighted by molar-refractivity contribution is 7.98. The highest BCUT2D eigenvalue weighted by Gasteiger charge is 2.39. The summed E-state index contributed by atoms with van der Waals surface area (Å²) in [5.74, 6) is -11.9. The number of aliphatic hydroxyl groups is 2. The van der Waals surface area contributed by atoms with Gasteiger partial charge in [-0.3, -0.25) is 47.9 Å². The Morgan fingerprint density at radius 2 is 1.32 bits per heavy atom. The van der Waals surface area contributed by atoms with Crippen molar-refractivity contribution in [1.29, 1.82) is 0 Å². The van der Waals surface area contributed by atoms with Crippen molar-refractivity contribution in [3.8, 4) is 11.5 Å². The third-order valence-corrected chi connectivity index (χ3v) is 15.6. The molecule has 0 bridgehead atoms. The van der Waals surface area contributed by atoms with E-state index in [9.17, 15) is 68.4 Å². The van der Waals surface area contributed by atoms with Crippen molar-refractivity contribution in [1.82, 2.24) is 26.6 Å². The van der Waals surface area contributed by atoms with Crippen LogP contribution in [0.4, 0.5) is 0 Å². The summed E-state index contributed by atoms with van der Waals surface area (Å²) in [6, 6.07) is 12.8. The number of hydrogen-bond acceptors (Lipinski definition) is 19. The predicted molar refractivity (Wildman–Crippen MR) is 326 cm³/mol. The number of cyclic esters (lactones) is 1. The summed E-state index contributed by atoms with van der Waals surface area (Å²) in [5.41, 5.74) is 7.37. The Kier molecular flexibility index (Phi) is 33.2. The molecule has 87 heavy (non-hydrogen) atoms. The van der Waals surface area contributed by atoms with Crippen LogP contribution < -0.4 is 32.3 Å². The maximum absolute atomic E-state index is 14.7. The molecule has 23 nitrogen and oxygen atoms in total. The van der Waals surface area contributed by atoms with Gasteiger partial charge in [0.1, 0.15) is 48.6 Å². The van der Waals surface area contributed by atoms with E-state index in [2.05, 4.69) is 26.6 Å². The summed E-state index contributed by atoms with van der Waals surface area (Å²) < 4.78 is 16.7. The van der Waals surface area contributed by atoms with E-state index in [1.807, 2.05) is 13.8 Å². The standard InChI is InChI=1S/C62H86N6O17S.CH4/c1-6-37(3)56-53(75)31-42(23-27-86-5)62(82)85-35-44(59(79)65-49(30-41-17-21-46(72)22-18-41)60(80)66-50(61(81)67-56)29-39-12-9-8-10-13-39)33-54(76)57(38(4)70)68-58(78)43(34-69)32-52(74)48(28-40-15-19-45(71)20-16-40)64-55(77)36-84-26-25-83-24-11-14-51(73)47(63)7-2;/h8-10,12-13,15-22,37-38,42-44,47-50,56-57,69-72H,6-7,11,14,23-36,63H2,1-5H3,(H,64,77)(H,65,79)(H,66,80)(H,67,81)(H,68,78);1H4/t37?,38?,42-,43+,44+,47+,48+,49+,50+,56+,57+;/m1./s1. The lowest BCUT2D eigenvalue weighted by Crippen LogP contribution is -2.58. The van der Waals surface area contributed by atoms with Crippen molar-refractivity contribution >= 4 is 70.4 Å². The molecule has 1 aliphatic rings. The van der Waals surface area contributed by atoms with Crippen LogP contribution >= 0.6 is 11.8 Å². The number of esters is 1. The van der Waals surface area contributed by atoms with E-state index in [1.165, 1.54) is 67.2 Å². The molecule has 1 saturated heterocycles. The first kappa shape index (κ1) is 74.2. The first-order valence-corrected chi connectivity index (χ1v) is 30.5. The second-order valence-electron chi connectivity index (χ2n) is 21.7. The number of phenolic OH excluding ortho intramolecular Hbond substituents is 2. The lowest BCUT2D eigenvalue weighted by atomic mass is 9.88. The number of nitrogens with two attached hydrogens (primary N) is 1. The van der Waals surface area contributed by atoms with Gasteiger partial charge >= 0.3 is 5.97 Å². The van der Waals surface area contributed by atoms with Crippen LogP contribution in [0.3, 0.4) is 0 Å². The predicted octanol–water partition coefficient (Wildman–Crippen LogP) is 2.76. The van der Waals surface area contributed by atoms with Gasteiger partial charge in [0.15, 0.2) is 17.3 Å². The maximum Gasteiger partial charge on any atom is 0.309 e. The van der Waals surface area contributed by atoms with Crippen molar-refractivity contribution in [3.05, 3.63) is 95.6 Å². The molecule has 2 unspecified atom stereocenters. The molecule has 3 aromatic rings. The number of ether oxygens (including phenoxy) is 3. The maximum atomic E-state index is 14.7. The highest BCUT2D eigenvalue weighted by Crippen LogP contribution is 2.23. The summed E-state index contributed by atoms with van der Waals surface area (Å²) in [6.07, 6.45) is -0.274. The zero-order valence-electron chi connectivity index (χ0n) is 49.7. The van der Waals surface area contributed by atoms with Gasteiger partial charge in [-0.2, -0.15) is 11.8 Å². The van der Waals surface area contributed by atoms with Crippen molar-refractivity contribution in [2.45, 2.75) is 148 Å². The van der Waals surface area contributed by atoms with Crippen LogP contribution in [0, 0.1) is 23.7 Å². The average molecular weight is 1240 g/mol. The molecule has 11 N–H and O–H groups in total. The number of aromatic hydroxyl groups is 2. The lowest BCUT2D eigenvalue weighted by molar-refractivity contribution is -0.154. The number of carbonyl (C=O) groups is 10. The lowest BCUT2D eigenvalue weighted by Gasteiger charge is -2.30. The van der Waals surface area contributed by atoms with Crippen molar-refractivity contribution in [2.24, 2.45) is 29.4 Å². The van der Waals surface area contributed by atoms with Crippen LogP contribution in [0.15, 0.2) is 78.9 Å². The minimum Gasteiger partial charge on any atom is -0.508 e. The topological polar surface area (TPSA) is 365 Å². The third kappa shape index (κ3) is 25.6. The van der Waals surface area contributed by atoms with Gasteiger partial charge in [-0.1, -0.05) is 89.2 Å². The van der Waals surface area contributed by atoms with Crippen LogP contribution in [-0.4, -0.2) is 173 Å². The smallest absolute Gasteiger partial charge is 0.309 e. The van der Waals surface area contributed by atoms with Crippen LogP contribution in [0.1, 0.15) is 103 Å². The second kappa shape index (κ2) is 38.9. The Labute approximate surface area is 513 Å². The zero-order chi connectivity index (χ0) is 63.3. The summed E-state index contributed by atoms with van der Waals surface area (Å²) in [4.78, 5) is 140.